The molecule has 112 valence electrons. The van der Waals surface area contributed by atoms with Gasteiger partial charge in [0.1, 0.15) is 0 Å². The third kappa shape index (κ3) is 2.91. The Morgan fingerprint density at radius 1 is 1.25 bits per heavy atom. The second-order valence-corrected chi connectivity index (χ2v) is 6.47. The Morgan fingerprint density at radius 2 is 2.05 bits per heavy atom. The van der Waals surface area contributed by atoms with Gasteiger partial charge in [-0.1, -0.05) is 6.92 Å². The van der Waals surface area contributed by atoms with E-state index in [2.05, 4.69) is 33.8 Å². The Bertz CT molecular complexity index is 420. The van der Waals surface area contributed by atoms with E-state index in [9.17, 15) is 0 Å². The number of nitrogens with zero attached hydrogens (tertiary/aromatic N) is 3. The van der Waals surface area contributed by atoms with Gasteiger partial charge in [0.05, 0.1) is 6.20 Å². The van der Waals surface area contributed by atoms with Gasteiger partial charge < -0.3 is 4.90 Å². The van der Waals surface area contributed by atoms with Gasteiger partial charge in [-0.05, 0) is 64.3 Å². The third-order valence-corrected chi connectivity index (χ3v) is 5.25. The minimum absolute atomic E-state index is 0.662. The number of hydrogen-bond acceptors (Lipinski definition) is 3. The van der Waals surface area contributed by atoms with Gasteiger partial charge in [0.2, 0.25) is 0 Å². The summed E-state index contributed by atoms with van der Waals surface area (Å²) in [5, 5.41) is 7.44. The molecule has 0 radical (unpaired) electrons. The van der Waals surface area contributed by atoms with Gasteiger partial charge in [0, 0.05) is 24.2 Å². The summed E-state index contributed by atoms with van der Waals surface area (Å²) in [4.78, 5) is 5.33. The van der Waals surface area contributed by atoms with E-state index in [4.69, 9.17) is 0 Å². The smallest absolute Gasteiger partial charge is 0.0519 e. The monoisotopic (exact) mass is 276 g/mol. The first kappa shape index (κ1) is 14.1. The van der Waals surface area contributed by atoms with E-state index in [1.807, 2.05) is 6.20 Å². The lowest BCUT2D eigenvalue weighted by molar-refractivity contribution is 0.0864. The summed E-state index contributed by atoms with van der Waals surface area (Å²) in [5.41, 5.74) is 2.71. The van der Waals surface area contributed by atoms with Crippen molar-refractivity contribution >= 4 is 0 Å². The summed E-state index contributed by atoms with van der Waals surface area (Å²) in [7, 11) is 0. The van der Waals surface area contributed by atoms with Crippen molar-refractivity contribution in [2.75, 3.05) is 32.7 Å². The molecular formula is C16H28N4. The molecule has 20 heavy (non-hydrogen) atoms. The van der Waals surface area contributed by atoms with Crippen LogP contribution in [0.3, 0.4) is 0 Å². The number of aryl methyl sites for hydroxylation is 1. The Balaban J connectivity index is 1.60. The van der Waals surface area contributed by atoms with Gasteiger partial charge in [-0.3, -0.25) is 10.00 Å². The molecule has 4 nitrogen and oxygen atoms in total. The number of rotatable bonds is 3. The number of aromatic nitrogens is 2. The predicted molar refractivity (Wildman–Crippen MR) is 82.0 cm³/mol. The molecular weight excluding hydrogens is 248 g/mol. The molecule has 0 aromatic carbocycles. The first-order chi connectivity index (χ1) is 9.78. The van der Waals surface area contributed by atoms with Crippen LogP contribution in [0.2, 0.25) is 0 Å². The van der Waals surface area contributed by atoms with Crippen molar-refractivity contribution in [1.29, 1.82) is 0 Å². The molecule has 3 rings (SSSR count). The summed E-state index contributed by atoms with van der Waals surface area (Å²) in [6.07, 6.45) is 7.31. The number of likely N-dealkylation sites (tertiary alicyclic amines) is 2. The number of hydrogen-bond donors (Lipinski definition) is 1. The molecule has 4 heteroatoms. The van der Waals surface area contributed by atoms with Crippen LogP contribution in [0.25, 0.3) is 0 Å². The molecule has 1 N–H and O–H groups in total. The van der Waals surface area contributed by atoms with E-state index >= 15 is 0 Å². The highest BCUT2D eigenvalue weighted by atomic mass is 15.2. The molecule has 3 heterocycles. The van der Waals surface area contributed by atoms with Crippen molar-refractivity contribution in [3.8, 4) is 0 Å². The summed E-state index contributed by atoms with van der Waals surface area (Å²) < 4.78 is 0. The SMILES string of the molecule is CCN1CCC(N2CCC[C@H](c3[nH]ncc3C)C2)CC1. The zero-order valence-electron chi connectivity index (χ0n) is 12.9. The largest absolute Gasteiger partial charge is 0.303 e. The van der Waals surface area contributed by atoms with Crippen LogP contribution in [0.1, 0.15) is 49.8 Å². The molecule has 2 saturated heterocycles. The molecule has 0 spiro atoms. The fraction of sp³-hybridized carbons (Fsp3) is 0.812. The van der Waals surface area contributed by atoms with Gasteiger partial charge in [0.15, 0.2) is 0 Å². The maximum absolute atomic E-state index is 4.21. The average molecular weight is 276 g/mol. The van der Waals surface area contributed by atoms with Crippen LogP contribution >= 0.6 is 0 Å². The van der Waals surface area contributed by atoms with Gasteiger partial charge in [-0.15, -0.1) is 0 Å². The topological polar surface area (TPSA) is 35.2 Å². The first-order valence-corrected chi connectivity index (χ1v) is 8.24. The van der Waals surface area contributed by atoms with Crippen LogP contribution < -0.4 is 0 Å². The zero-order valence-corrected chi connectivity index (χ0v) is 12.9. The minimum Gasteiger partial charge on any atom is -0.303 e. The molecule has 0 unspecified atom stereocenters. The molecule has 0 saturated carbocycles. The predicted octanol–water partition coefficient (Wildman–Crippen LogP) is 2.38. The van der Waals surface area contributed by atoms with Crippen LogP contribution in [0.15, 0.2) is 6.20 Å². The number of piperidine rings is 2. The molecule has 0 bridgehead atoms. The number of H-pyrrole nitrogens is 1. The molecule has 2 aliphatic rings. The summed E-state index contributed by atoms with van der Waals surface area (Å²) in [6, 6.07) is 0.809. The first-order valence-electron chi connectivity index (χ1n) is 8.24. The van der Waals surface area contributed by atoms with Gasteiger partial charge in [-0.2, -0.15) is 5.10 Å². The van der Waals surface area contributed by atoms with E-state index in [1.54, 1.807) is 0 Å². The van der Waals surface area contributed by atoms with E-state index in [-0.39, 0.29) is 0 Å². The zero-order chi connectivity index (χ0) is 13.9. The Kier molecular flexibility index (Phi) is 4.41. The van der Waals surface area contributed by atoms with Crippen molar-refractivity contribution in [3.63, 3.8) is 0 Å². The lowest BCUT2D eigenvalue weighted by Crippen LogP contribution is -2.48. The maximum Gasteiger partial charge on any atom is 0.0519 e. The van der Waals surface area contributed by atoms with Crippen LogP contribution in [0, 0.1) is 6.92 Å². The highest BCUT2D eigenvalue weighted by molar-refractivity contribution is 5.19. The van der Waals surface area contributed by atoms with E-state index in [0.717, 1.165) is 6.04 Å². The maximum atomic E-state index is 4.21. The minimum atomic E-state index is 0.662. The average Bonchev–Trinajstić information content (AvgIpc) is 2.94. The normalized spacial score (nSPS) is 27.0. The van der Waals surface area contributed by atoms with Gasteiger partial charge in [-0.25, -0.2) is 0 Å². The van der Waals surface area contributed by atoms with Crippen molar-refractivity contribution in [2.24, 2.45) is 0 Å². The van der Waals surface area contributed by atoms with Crippen molar-refractivity contribution in [2.45, 2.75) is 51.5 Å². The van der Waals surface area contributed by atoms with Crippen LogP contribution in [0.5, 0.6) is 0 Å². The van der Waals surface area contributed by atoms with E-state index < -0.39 is 0 Å². The third-order valence-electron chi connectivity index (χ3n) is 5.25. The lowest BCUT2D eigenvalue weighted by Gasteiger charge is -2.42. The number of aromatic amines is 1. The Hall–Kier alpha value is -0.870. The molecule has 0 aliphatic carbocycles. The second kappa shape index (κ2) is 6.27. The fourth-order valence-corrected chi connectivity index (χ4v) is 3.94. The highest BCUT2D eigenvalue weighted by Gasteiger charge is 2.30. The number of nitrogens with one attached hydrogen (secondary N) is 1. The summed E-state index contributed by atoms with van der Waals surface area (Å²) in [5.74, 6) is 0.662. The van der Waals surface area contributed by atoms with Gasteiger partial charge in [0.25, 0.3) is 0 Å². The van der Waals surface area contributed by atoms with E-state index in [1.165, 1.54) is 69.7 Å². The van der Waals surface area contributed by atoms with Crippen LogP contribution in [-0.2, 0) is 0 Å². The fourth-order valence-electron chi connectivity index (χ4n) is 3.94. The Labute approximate surface area is 122 Å². The van der Waals surface area contributed by atoms with Gasteiger partial charge >= 0.3 is 0 Å². The molecule has 1 aromatic rings. The van der Waals surface area contributed by atoms with Crippen LogP contribution in [0.4, 0.5) is 0 Å². The van der Waals surface area contributed by atoms with Crippen molar-refractivity contribution < 1.29 is 0 Å². The molecule has 2 aliphatic heterocycles. The van der Waals surface area contributed by atoms with Crippen molar-refractivity contribution in [3.05, 3.63) is 17.5 Å². The molecule has 1 atom stereocenters. The lowest BCUT2D eigenvalue weighted by atomic mass is 9.90. The summed E-state index contributed by atoms with van der Waals surface area (Å²) in [6.45, 7) is 10.7. The van der Waals surface area contributed by atoms with E-state index in [0.29, 0.717) is 5.92 Å². The molecule has 0 amide bonds. The Morgan fingerprint density at radius 3 is 2.70 bits per heavy atom. The highest BCUT2D eigenvalue weighted by Crippen LogP contribution is 2.30. The second-order valence-electron chi connectivity index (χ2n) is 6.47. The molecule has 1 aromatic heterocycles. The van der Waals surface area contributed by atoms with Crippen molar-refractivity contribution in [1.82, 2.24) is 20.0 Å². The molecule has 2 fully saturated rings. The van der Waals surface area contributed by atoms with Crippen LogP contribution in [-0.4, -0.2) is 58.8 Å². The quantitative estimate of drug-likeness (QED) is 0.920. The standard InChI is InChI=1S/C16H28N4/c1-3-19-9-6-15(7-10-19)20-8-4-5-14(12-20)16-13(2)11-17-18-16/h11,14-15H,3-10,12H2,1-2H3,(H,17,18)/t14-/m0/s1. The summed E-state index contributed by atoms with van der Waals surface area (Å²) >= 11 is 0.